The summed E-state index contributed by atoms with van der Waals surface area (Å²) in [5.41, 5.74) is 2.28. The van der Waals surface area contributed by atoms with Crippen molar-refractivity contribution in [2.45, 2.75) is 39.7 Å². The molecule has 0 bridgehead atoms. The molecule has 0 aromatic heterocycles. The number of hydrogen-bond donors (Lipinski definition) is 0. The van der Waals surface area contributed by atoms with Gasteiger partial charge < -0.3 is 4.90 Å². The molecule has 0 heterocycles. The predicted molar refractivity (Wildman–Crippen MR) is 76.4 cm³/mol. The monoisotopic (exact) mass is 256 g/mol. The molecule has 1 aliphatic carbocycles. The average Bonchev–Trinajstić information content (AvgIpc) is 3.19. The Morgan fingerprint density at radius 2 is 2.16 bits per heavy atom. The fourth-order valence-electron chi connectivity index (χ4n) is 2.36. The van der Waals surface area contributed by atoms with E-state index >= 15 is 0 Å². The van der Waals surface area contributed by atoms with Crippen LogP contribution in [0.25, 0.3) is 0 Å². The van der Waals surface area contributed by atoms with Gasteiger partial charge in [-0.05, 0) is 43.9 Å². The summed E-state index contributed by atoms with van der Waals surface area (Å²) in [4.78, 5) is 14.1. The Balaban J connectivity index is 2.44. The Kier molecular flexibility index (Phi) is 3.90. The maximum atomic E-state index is 11.8. The SMILES string of the molecule is CC(=O)c1ccc(C#N)cc1N(CC(C)C)C1CC1. The van der Waals surface area contributed by atoms with Gasteiger partial charge in [0.25, 0.3) is 0 Å². The Morgan fingerprint density at radius 1 is 1.47 bits per heavy atom. The van der Waals surface area contributed by atoms with E-state index in [1.807, 2.05) is 6.07 Å². The molecule has 0 aliphatic heterocycles. The number of benzene rings is 1. The highest BCUT2D eigenvalue weighted by Crippen LogP contribution is 2.35. The van der Waals surface area contributed by atoms with Gasteiger partial charge in [-0.15, -0.1) is 0 Å². The van der Waals surface area contributed by atoms with Crippen LogP contribution in [0.4, 0.5) is 5.69 Å². The first kappa shape index (κ1) is 13.6. The molecule has 0 unspecified atom stereocenters. The van der Waals surface area contributed by atoms with Gasteiger partial charge in [0.05, 0.1) is 11.6 Å². The van der Waals surface area contributed by atoms with Crippen LogP contribution in [0.3, 0.4) is 0 Å². The molecule has 19 heavy (non-hydrogen) atoms. The van der Waals surface area contributed by atoms with Crippen molar-refractivity contribution in [2.24, 2.45) is 5.92 Å². The van der Waals surface area contributed by atoms with E-state index in [0.717, 1.165) is 17.8 Å². The van der Waals surface area contributed by atoms with Gasteiger partial charge >= 0.3 is 0 Å². The van der Waals surface area contributed by atoms with Crippen molar-refractivity contribution < 1.29 is 4.79 Å². The van der Waals surface area contributed by atoms with E-state index < -0.39 is 0 Å². The number of Topliss-reactive ketones (excluding diaryl/α,β-unsaturated/α-hetero) is 1. The van der Waals surface area contributed by atoms with Crippen LogP contribution < -0.4 is 4.90 Å². The molecule has 0 saturated heterocycles. The van der Waals surface area contributed by atoms with Gasteiger partial charge in [0.15, 0.2) is 5.78 Å². The van der Waals surface area contributed by atoms with Gasteiger partial charge in [-0.1, -0.05) is 13.8 Å². The molecule has 3 nitrogen and oxygen atoms in total. The second kappa shape index (κ2) is 5.44. The minimum atomic E-state index is 0.0638. The second-order valence-corrected chi connectivity index (χ2v) is 5.68. The molecule has 1 fully saturated rings. The number of carbonyl (C=O) groups is 1. The molecule has 0 N–H and O–H groups in total. The quantitative estimate of drug-likeness (QED) is 0.758. The van der Waals surface area contributed by atoms with Crippen LogP contribution in [0.5, 0.6) is 0 Å². The molecular weight excluding hydrogens is 236 g/mol. The van der Waals surface area contributed by atoms with E-state index in [1.165, 1.54) is 12.8 Å². The molecule has 0 radical (unpaired) electrons. The molecule has 2 rings (SSSR count). The first-order valence-corrected chi connectivity index (χ1v) is 6.84. The molecule has 1 aromatic rings. The van der Waals surface area contributed by atoms with Crippen LogP contribution in [0, 0.1) is 17.2 Å². The maximum absolute atomic E-state index is 11.8. The summed E-state index contributed by atoms with van der Waals surface area (Å²) in [5, 5.41) is 9.06. The summed E-state index contributed by atoms with van der Waals surface area (Å²) in [6.07, 6.45) is 2.36. The average molecular weight is 256 g/mol. The van der Waals surface area contributed by atoms with Gasteiger partial charge in [0.1, 0.15) is 0 Å². The van der Waals surface area contributed by atoms with Crippen LogP contribution in [-0.4, -0.2) is 18.4 Å². The van der Waals surface area contributed by atoms with Crippen molar-refractivity contribution in [2.75, 3.05) is 11.4 Å². The van der Waals surface area contributed by atoms with Crippen molar-refractivity contribution in [1.29, 1.82) is 5.26 Å². The fourth-order valence-corrected chi connectivity index (χ4v) is 2.36. The van der Waals surface area contributed by atoms with E-state index in [-0.39, 0.29) is 5.78 Å². The highest BCUT2D eigenvalue weighted by atomic mass is 16.1. The Morgan fingerprint density at radius 3 is 2.63 bits per heavy atom. The summed E-state index contributed by atoms with van der Waals surface area (Å²) >= 11 is 0. The second-order valence-electron chi connectivity index (χ2n) is 5.68. The van der Waals surface area contributed by atoms with Gasteiger partial charge in [-0.25, -0.2) is 0 Å². The molecular formula is C16H20N2O. The number of nitrogens with zero attached hydrogens (tertiary/aromatic N) is 2. The van der Waals surface area contributed by atoms with E-state index in [1.54, 1.807) is 19.1 Å². The first-order chi connectivity index (χ1) is 9.02. The summed E-state index contributed by atoms with van der Waals surface area (Å²) < 4.78 is 0. The zero-order valence-corrected chi connectivity index (χ0v) is 11.8. The standard InChI is InChI=1S/C16H20N2O/c1-11(2)10-18(14-5-6-14)16-8-13(9-17)4-7-15(16)12(3)19/h4,7-8,11,14H,5-6,10H2,1-3H3. The lowest BCUT2D eigenvalue weighted by atomic mass is 10.0. The van der Waals surface area contributed by atoms with Gasteiger partial charge in [0, 0.05) is 23.8 Å². The highest BCUT2D eigenvalue weighted by Gasteiger charge is 2.31. The lowest BCUT2D eigenvalue weighted by Gasteiger charge is -2.28. The van der Waals surface area contributed by atoms with Crippen LogP contribution >= 0.6 is 0 Å². The Hall–Kier alpha value is -1.82. The van der Waals surface area contributed by atoms with Crippen molar-refractivity contribution in [3.8, 4) is 6.07 Å². The highest BCUT2D eigenvalue weighted by molar-refractivity contribution is 6.00. The van der Waals surface area contributed by atoms with Gasteiger partial charge in [-0.3, -0.25) is 4.79 Å². The molecule has 0 spiro atoms. The van der Waals surface area contributed by atoms with E-state index in [2.05, 4.69) is 24.8 Å². The number of carbonyl (C=O) groups excluding carboxylic acids is 1. The van der Waals surface area contributed by atoms with Gasteiger partial charge in [-0.2, -0.15) is 5.26 Å². The van der Waals surface area contributed by atoms with Crippen LogP contribution in [0.2, 0.25) is 0 Å². The smallest absolute Gasteiger partial charge is 0.161 e. The predicted octanol–water partition coefficient (Wildman–Crippen LogP) is 3.39. The molecule has 1 aliphatic rings. The van der Waals surface area contributed by atoms with Crippen molar-refractivity contribution in [1.82, 2.24) is 0 Å². The Bertz CT molecular complexity index is 524. The number of rotatable bonds is 5. The fraction of sp³-hybridized carbons (Fsp3) is 0.500. The molecule has 1 aromatic carbocycles. The van der Waals surface area contributed by atoms with Crippen LogP contribution in [-0.2, 0) is 0 Å². The largest absolute Gasteiger partial charge is 0.368 e. The lowest BCUT2D eigenvalue weighted by Crippen LogP contribution is -2.31. The molecule has 3 heteroatoms. The van der Waals surface area contributed by atoms with Gasteiger partial charge in [0.2, 0.25) is 0 Å². The molecule has 0 amide bonds. The van der Waals surface area contributed by atoms with E-state index in [0.29, 0.717) is 17.5 Å². The molecule has 0 atom stereocenters. The maximum Gasteiger partial charge on any atom is 0.161 e. The Labute approximate surface area is 114 Å². The lowest BCUT2D eigenvalue weighted by molar-refractivity contribution is 0.101. The minimum Gasteiger partial charge on any atom is -0.368 e. The van der Waals surface area contributed by atoms with Crippen LogP contribution in [0.15, 0.2) is 18.2 Å². The summed E-state index contributed by atoms with van der Waals surface area (Å²) in [6.45, 7) is 6.87. The normalized spacial score (nSPS) is 14.3. The van der Waals surface area contributed by atoms with E-state index in [4.69, 9.17) is 5.26 Å². The third-order valence-electron chi connectivity index (χ3n) is 3.37. The number of hydrogen-bond acceptors (Lipinski definition) is 3. The number of nitriles is 1. The minimum absolute atomic E-state index is 0.0638. The van der Waals surface area contributed by atoms with Crippen molar-refractivity contribution >= 4 is 11.5 Å². The molecule has 100 valence electrons. The third kappa shape index (κ3) is 3.14. The topological polar surface area (TPSA) is 44.1 Å². The van der Waals surface area contributed by atoms with Crippen molar-refractivity contribution in [3.05, 3.63) is 29.3 Å². The summed E-state index contributed by atoms with van der Waals surface area (Å²) in [7, 11) is 0. The zero-order valence-electron chi connectivity index (χ0n) is 11.8. The van der Waals surface area contributed by atoms with E-state index in [9.17, 15) is 4.79 Å². The third-order valence-corrected chi connectivity index (χ3v) is 3.37. The summed E-state index contributed by atoms with van der Waals surface area (Å²) in [6, 6.07) is 8.06. The van der Waals surface area contributed by atoms with Crippen molar-refractivity contribution in [3.63, 3.8) is 0 Å². The summed E-state index contributed by atoms with van der Waals surface area (Å²) in [5.74, 6) is 0.597. The number of ketones is 1. The van der Waals surface area contributed by atoms with Crippen LogP contribution in [0.1, 0.15) is 49.5 Å². The number of anilines is 1. The first-order valence-electron chi connectivity index (χ1n) is 6.84. The zero-order chi connectivity index (χ0) is 14.0. The molecule has 1 saturated carbocycles.